The summed E-state index contributed by atoms with van der Waals surface area (Å²) < 4.78 is 0. The number of hydrazine groups is 2. The zero-order valence-corrected chi connectivity index (χ0v) is 7.62. The normalized spacial score (nSPS) is 18.6. The fraction of sp³-hybridized carbons (Fsp3) is 0.222. The number of benzene rings is 1. The van der Waals surface area contributed by atoms with Gasteiger partial charge in [-0.15, -0.1) is 10.6 Å². The lowest BCUT2D eigenvalue weighted by Crippen LogP contribution is -2.42. The third-order valence-electron chi connectivity index (χ3n) is 2.42. The largest absolute Gasteiger partial charge is 0.383 e. The van der Waals surface area contributed by atoms with Gasteiger partial charge in [0.05, 0.1) is 6.54 Å². The molecule has 2 aliphatic heterocycles. The molecule has 5 heteroatoms. The van der Waals surface area contributed by atoms with Gasteiger partial charge in [0.15, 0.2) is 5.84 Å². The molecule has 2 aliphatic rings. The lowest BCUT2D eigenvalue weighted by atomic mass is 10.1. The molecule has 3 N–H and O–H groups in total. The van der Waals surface area contributed by atoms with Crippen molar-refractivity contribution < 1.29 is 0 Å². The number of hydrogen-bond acceptors (Lipinski definition) is 5. The quantitative estimate of drug-likeness (QED) is 0.542. The molecule has 0 aromatic heterocycles. The first-order valence-electron chi connectivity index (χ1n) is 4.64. The minimum atomic E-state index is 0.889. The number of rotatable bonds is 0. The first kappa shape index (κ1) is 7.64. The van der Waals surface area contributed by atoms with E-state index in [1.54, 1.807) is 0 Å². The van der Waals surface area contributed by atoms with E-state index < -0.39 is 0 Å². The average Bonchev–Trinajstić information content (AvgIpc) is 2.61. The van der Waals surface area contributed by atoms with Crippen LogP contribution in [-0.4, -0.2) is 23.9 Å². The van der Waals surface area contributed by atoms with Crippen LogP contribution in [0.5, 0.6) is 0 Å². The second kappa shape index (κ2) is 2.88. The number of nitrogens with one attached hydrogen (secondary N) is 3. The first-order valence-corrected chi connectivity index (χ1v) is 4.64. The van der Waals surface area contributed by atoms with E-state index in [1.807, 2.05) is 17.1 Å². The van der Waals surface area contributed by atoms with Crippen LogP contribution in [0.15, 0.2) is 29.4 Å². The van der Waals surface area contributed by atoms with Gasteiger partial charge < -0.3 is 5.32 Å². The highest BCUT2D eigenvalue weighted by molar-refractivity contribution is 6.04. The van der Waals surface area contributed by atoms with Gasteiger partial charge in [-0.3, -0.25) is 5.01 Å². The van der Waals surface area contributed by atoms with Gasteiger partial charge in [0.25, 0.3) is 0 Å². The zero-order chi connectivity index (χ0) is 9.38. The van der Waals surface area contributed by atoms with E-state index in [-0.39, 0.29) is 0 Å². The topological polar surface area (TPSA) is 51.7 Å². The van der Waals surface area contributed by atoms with Crippen LogP contribution in [0.4, 0.5) is 5.69 Å². The highest BCUT2D eigenvalue weighted by Crippen LogP contribution is 2.20. The Bertz CT molecular complexity index is 387. The molecule has 0 amide bonds. The molecule has 0 spiro atoms. The van der Waals surface area contributed by atoms with E-state index >= 15 is 0 Å². The summed E-state index contributed by atoms with van der Waals surface area (Å²) in [4.78, 5) is 0. The van der Waals surface area contributed by atoms with Gasteiger partial charge in [0.1, 0.15) is 0 Å². The number of amidine groups is 1. The zero-order valence-electron chi connectivity index (χ0n) is 7.62. The van der Waals surface area contributed by atoms with Gasteiger partial charge in [-0.25, -0.2) is 5.53 Å². The molecule has 1 aromatic carbocycles. The molecule has 0 saturated carbocycles. The Hall–Kier alpha value is -1.75. The van der Waals surface area contributed by atoms with Gasteiger partial charge >= 0.3 is 0 Å². The summed E-state index contributed by atoms with van der Waals surface area (Å²) in [5.74, 6) is 0.950. The molecule has 5 nitrogen and oxygen atoms in total. The summed E-state index contributed by atoms with van der Waals surface area (Å²) in [6, 6.07) is 8.18. The highest BCUT2D eigenvalue weighted by atomic mass is 15.8. The number of fused-ring (bicyclic) bond motifs is 3. The first-order chi connectivity index (χ1) is 6.95. The second-order valence-electron chi connectivity index (χ2n) is 3.28. The second-order valence-corrected chi connectivity index (χ2v) is 3.28. The summed E-state index contributed by atoms with van der Waals surface area (Å²) in [7, 11) is 0. The van der Waals surface area contributed by atoms with Crippen LogP contribution in [0.2, 0.25) is 0 Å². The summed E-state index contributed by atoms with van der Waals surface area (Å²) >= 11 is 0. The Morgan fingerprint density at radius 1 is 1.29 bits per heavy atom. The Morgan fingerprint density at radius 2 is 2.21 bits per heavy atom. The molecule has 1 aromatic rings. The molecule has 72 valence electrons. The monoisotopic (exact) mass is 189 g/mol. The Labute approximate surface area is 81.7 Å². The van der Waals surface area contributed by atoms with E-state index in [9.17, 15) is 0 Å². The molecule has 0 unspecified atom stereocenters. The molecule has 14 heavy (non-hydrogen) atoms. The summed E-state index contributed by atoms with van der Waals surface area (Å²) in [5.41, 5.74) is 8.01. The van der Waals surface area contributed by atoms with Crippen molar-refractivity contribution in [3.8, 4) is 0 Å². The van der Waals surface area contributed by atoms with Crippen LogP contribution in [-0.2, 0) is 0 Å². The van der Waals surface area contributed by atoms with Crippen LogP contribution in [0.25, 0.3) is 0 Å². The smallest absolute Gasteiger partial charge is 0.175 e. The Kier molecular flexibility index (Phi) is 1.57. The van der Waals surface area contributed by atoms with E-state index in [0.29, 0.717) is 0 Å². The molecule has 0 fully saturated rings. The van der Waals surface area contributed by atoms with E-state index in [4.69, 9.17) is 0 Å². The molecule has 0 saturated heterocycles. The maximum Gasteiger partial charge on any atom is 0.175 e. The third kappa shape index (κ3) is 1.03. The fourth-order valence-corrected chi connectivity index (χ4v) is 1.75. The number of para-hydroxylation sites is 1. The van der Waals surface area contributed by atoms with Crippen LogP contribution < -0.4 is 16.4 Å². The van der Waals surface area contributed by atoms with Gasteiger partial charge in [-0.2, -0.15) is 0 Å². The molecule has 0 atom stereocenters. The Morgan fingerprint density at radius 3 is 3.21 bits per heavy atom. The van der Waals surface area contributed by atoms with E-state index in [0.717, 1.165) is 30.2 Å². The summed E-state index contributed by atoms with van der Waals surface area (Å²) in [5, 5.41) is 9.56. The van der Waals surface area contributed by atoms with E-state index in [1.165, 1.54) is 0 Å². The molecule has 3 rings (SSSR count). The van der Waals surface area contributed by atoms with Crippen molar-refractivity contribution in [1.82, 2.24) is 16.1 Å². The predicted molar refractivity (Wildman–Crippen MR) is 54.4 cm³/mol. The van der Waals surface area contributed by atoms with Gasteiger partial charge in [0.2, 0.25) is 0 Å². The molecular formula is C9H11N5. The fourth-order valence-electron chi connectivity index (χ4n) is 1.75. The minimum Gasteiger partial charge on any atom is -0.383 e. The lowest BCUT2D eigenvalue weighted by molar-refractivity contribution is 0.306. The van der Waals surface area contributed by atoms with Crippen molar-refractivity contribution in [2.45, 2.75) is 0 Å². The van der Waals surface area contributed by atoms with Crippen LogP contribution in [0.3, 0.4) is 0 Å². The number of anilines is 1. The molecule has 2 heterocycles. The SMILES string of the molecule is c1ccc2c(c1)NCCN1NNN=C21. The van der Waals surface area contributed by atoms with Gasteiger partial charge in [-0.05, 0) is 12.1 Å². The van der Waals surface area contributed by atoms with Crippen LogP contribution >= 0.6 is 0 Å². The summed E-state index contributed by atoms with van der Waals surface area (Å²) in [6.45, 7) is 1.80. The van der Waals surface area contributed by atoms with Crippen LogP contribution in [0, 0.1) is 0 Å². The standard InChI is InChI=1S/C9H11N5/c1-2-4-8-7(3-1)9-11-12-13-14(9)6-5-10-8/h1-4,10,12-13H,5-6H2. The van der Waals surface area contributed by atoms with Crippen molar-refractivity contribution in [1.29, 1.82) is 0 Å². The van der Waals surface area contributed by atoms with Gasteiger partial charge in [0, 0.05) is 17.8 Å². The van der Waals surface area contributed by atoms with Crippen molar-refractivity contribution in [2.75, 3.05) is 18.4 Å². The average molecular weight is 189 g/mol. The molecular weight excluding hydrogens is 178 g/mol. The Balaban J connectivity index is 2.13. The lowest BCUT2D eigenvalue weighted by Gasteiger charge is -2.15. The maximum atomic E-state index is 4.20. The molecule has 0 radical (unpaired) electrons. The van der Waals surface area contributed by atoms with E-state index in [2.05, 4.69) is 33.6 Å². The number of hydrogen-bond donors (Lipinski definition) is 3. The third-order valence-corrected chi connectivity index (χ3v) is 2.42. The summed E-state index contributed by atoms with van der Waals surface area (Å²) in [6.07, 6.45) is 0. The number of hydrazone groups is 1. The van der Waals surface area contributed by atoms with Crippen molar-refractivity contribution in [2.24, 2.45) is 5.10 Å². The van der Waals surface area contributed by atoms with Crippen molar-refractivity contribution in [3.63, 3.8) is 0 Å². The van der Waals surface area contributed by atoms with Crippen LogP contribution in [0.1, 0.15) is 5.56 Å². The molecule has 0 bridgehead atoms. The predicted octanol–water partition coefficient (Wildman–Crippen LogP) is 0.0985. The highest BCUT2D eigenvalue weighted by Gasteiger charge is 2.23. The van der Waals surface area contributed by atoms with Crippen molar-refractivity contribution >= 4 is 11.5 Å². The minimum absolute atomic E-state index is 0.889. The number of nitrogens with zero attached hydrogens (tertiary/aromatic N) is 2. The van der Waals surface area contributed by atoms with Gasteiger partial charge in [-0.1, -0.05) is 12.1 Å². The molecule has 0 aliphatic carbocycles. The van der Waals surface area contributed by atoms with Crippen molar-refractivity contribution in [3.05, 3.63) is 29.8 Å². The maximum absolute atomic E-state index is 4.20.